The highest BCUT2D eigenvalue weighted by Gasteiger charge is 2.40. The van der Waals surface area contributed by atoms with Gasteiger partial charge in [0.2, 0.25) is 11.9 Å². The molecule has 4 heterocycles. The molecule has 1 N–H and O–H groups in total. The van der Waals surface area contributed by atoms with Crippen molar-refractivity contribution in [3.8, 4) is 0 Å². The van der Waals surface area contributed by atoms with E-state index in [1.165, 1.54) is 4.31 Å². The van der Waals surface area contributed by atoms with Gasteiger partial charge in [-0.1, -0.05) is 17.7 Å². The molecule has 0 unspecified atom stereocenters. The number of sulfonamides is 1. The molecule has 1 atom stereocenters. The summed E-state index contributed by atoms with van der Waals surface area (Å²) in [5.41, 5.74) is 0.630. The Hall–Kier alpha value is -2.93. The Bertz CT molecular complexity index is 1440. The van der Waals surface area contributed by atoms with Crippen molar-refractivity contribution >= 4 is 50.2 Å². The van der Waals surface area contributed by atoms with Gasteiger partial charge in [-0.25, -0.2) is 13.4 Å². The summed E-state index contributed by atoms with van der Waals surface area (Å²) in [6.45, 7) is 2.46. The van der Waals surface area contributed by atoms with Gasteiger partial charge < -0.3 is 24.4 Å². The topological polar surface area (TPSA) is 115 Å². The quantitative estimate of drug-likeness (QED) is 0.435. The molecule has 0 radical (unpaired) electrons. The molecule has 0 bridgehead atoms. The summed E-state index contributed by atoms with van der Waals surface area (Å²) < 4.78 is 33.7. The van der Waals surface area contributed by atoms with Crippen LogP contribution in [0.25, 0.3) is 10.9 Å². The summed E-state index contributed by atoms with van der Waals surface area (Å²) in [7, 11) is 1.49. The van der Waals surface area contributed by atoms with Crippen LogP contribution in [0.5, 0.6) is 0 Å². The lowest BCUT2D eigenvalue weighted by Gasteiger charge is -2.43. The Kier molecular flexibility index (Phi) is 7.99. The van der Waals surface area contributed by atoms with Crippen LogP contribution in [0.4, 0.5) is 11.8 Å². The number of nitrogens with one attached hydrogen (secondary N) is 1. The first-order valence-corrected chi connectivity index (χ1v) is 14.8. The summed E-state index contributed by atoms with van der Waals surface area (Å²) in [6, 6.07) is 8.30. The molecule has 2 fully saturated rings. The molecule has 13 heteroatoms. The van der Waals surface area contributed by atoms with Crippen LogP contribution < -0.4 is 9.80 Å². The van der Waals surface area contributed by atoms with E-state index in [-0.39, 0.29) is 36.7 Å². The maximum atomic E-state index is 13.5. The van der Waals surface area contributed by atoms with Gasteiger partial charge in [0.15, 0.2) is 0 Å². The van der Waals surface area contributed by atoms with Crippen LogP contribution in [0.15, 0.2) is 41.6 Å². The Balaban J connectivity index is 1.25. The molecule has 0 saturated carbocycles. The first kappa shape index (κ1) is 27.6. The SMILES string of the molecule is COC[C@H]1CN(S(=O)(=O)c2cc3ccc(Cl)cc3[nH]2)CC(=O)N1CC1CCN(c2ccnc(N(C)C)n2)CC1. The molecule has 2 saturated heterocycles. The number of nitrogens with zero attached hydrogens (tertiary/aromatic N) is 6. The fourth-order valence-corrected chi connectivity index (χ4v) is 6.93. The van der Waals surface area contributed by atoms with Crippen LogP contribution in [0.3, 0.4) is 0 Å². The first-order valence-electron chi connectivity index (χ1n) is 13.0. The van der Waals surface area contributed by atoms with Gasteiger partial charge in [0.25, 0.3) is 10.0 Å². The molecule has 11 nitrogen and oxygen atoms in total. The zero-order chi connectivity index (χ0) is 27.7. The minimum Gasteiger partial charge on any atom is -0.382 e. The minimum atomic E-state index is -3.92. The van der Waals surface area contributed by atoms with Gasteiger partial charge in [0.05, 0.1) is 19.2 Å². The van der Waals surface area contributed by atoms with Crippen molar-refractivity contribution in [2.75, 3.05) is 70.3 Å². The van der Waals surface area contributed by atoms with Crippen molar-refractivity contribution in [3.05, 3.63) is 41.6 Å². The number of aromatic nitrogens is 3. The average Bonchev–Trinajstić information content (AvgIpc) is 3.35. The van der Waals surface area contributed by atoms with Crippen LogP contribution in [0.2, 0.25) is 5.02 Å². The van der Waals surface area contributed by atoms with E-state index in [0.29, 0.717) is 29.0 Å². The second-order valence-corrected chi connectivity index (χ2v) is 12.7. The van der Waals surface area contributed by atoms with Gasteiger partial charge >= 0.3 is 0 Å². The molecule has 2 aliphatic heterocycles. The molecule has 2 aliphatic rings. The third kappa shape index (κ3) is 5.84. The van der Waals surface area contributed by atoms with Crippen LogP contribution in [0, 0.1) is 5.92 Å². The number of methoxy groups -OCH3 is 1. The molecule has 3 aromatic rings. The van der Waals surface area contributed by atoms with E-state index in [1.807, 2.05) is 30.0 Å². The third-order valence-corrected chi connectivity index (χ3v) is 9.41. The lowest BCUT2D eigenvalue weighted by atomic mass is 9.95. The van der Waals surface area contributed by atoms with E-state index >= 15 is 0 Å². The average molecular weight is 576 g/mol. The minimum absolute atomic E-state index is 0.0479. The Morgan fingerprint density at radius 3 is 2.67 bits per heavy atom. The number of carbonyl (C=O) groups is 1. The molecule has 1 amide bonds. The second-order valence-electron chi connectivity index (χ2n) is 10.4. The number of piperazine rings is 1. The lowest BCUT2D eigenvalue weighted by molar-refractivity contribution is -0.140. The van der Waals surface area contributed by atoms with Crippen LogP contribution in [-0.4, -0.2) is 105 Å². The van der Waals surface area contributed by atoms with Crippen molar-refractivity contribution in [1.82, 2.24) is 24.2 Å². The summed E-state index contributed by atoms with van der Waals surface area (Å²) in [4.78, 5) is 31.2. The van der Waals surface area contributed by atoms with Gasteiger partial charge in [0.1, 0.15) is 10.8 Å². The fraction of sp³-hybridized carbons (Fsp3) is 0.500. The largest absolute Gasteiger partial charge is 0.382 e. The predicted octanol–water partition coefficient (Wildman–Crippen LogP) is 2.44. The number of ether oxygens (including phenoxy) is 1. The zero-order valence-electron chi connectivity index (χ0n) is 22.4. The van der Waals surface area contributed by atoms with E-state index in [9.17, 15) is 13.2 Å². The maximum absolute atomic E-state index is 13.5. The molecule has 210 valence electrons. The number of amides is 1. The molecule has 1 aromatic carbocycles. The molecule has 0 spiro atoms. The van der Waals surface area contributed by atoms with Crippen molar-refractivity contribution in [3.63, 3.8) is 0 Å². The number of aromatic amines is 1. The van der Waals surface area contributed by atoms with E-state index in [0.717, 1.165) is 37.1 Å². The predicted molar refractivity (Wildman–Crippen MR) is 151 cm³/mol. The first-order chi connectivity index (χ1) is 18.7. The fourth-order valence-electron chi connectivity index (χ4n) is 5.32. The van der Waals surface area contributed by atoms with Gasteiger partial charge in [-0.2, -0.15) is 9.29 Å². The van der Waals surface area contributed by atoms with Crippen molar-refractivity contribution in [2.45, 2.75) is 23.9 Å². The highest BCUT2D eigenvalue weighted by Crippen LogP contribution is 2.28. The molecule has 5 rings (SSSR count). The number of hydrogen-bond donors (Lipinski definition) is 1. The smallest absolute Gasteiger partial charge is 0.259 e. The summed E-state index contributed by atoms with van der Waals surface area (Å²) in [6.07, 6.45) is 3.59. The van der Waals surface area contributed by atoms with Crippen LogP contribution in [0.1, 0.15) is 12.8 Å². The van der Waals surface area contributed by atoms with Crippen molar-refractivity contribution < 1.29 is 17.9 Å². The Morgan fingerprint density at radius 1 is 1.18 bits per heavy atom. The van der Waals surface area contributed by atoms with Crippen LogP contribution in [-0.2, 0) is 19.6 Å². The number of halogens is 1. The number of benzene rings is 1. The third-order valence-electron chi connectivity index (χ3n) is 7.45. The highest BCUT2D eigenvalue weighted by molar-refractivity contribution is 7.89. The molecule has 2 aromatic heterocycles. The second kappa shape index (κ2) is 11.3. The standard InChI is InChI=1S/C26H34ClN7O4S/c1-31(2)26-28-9-6-23(30-26)32-10-7-18(8-11-32)14-34-21(17-38-3)15-33(16-25(34)35)39(36,37)24-12-19-4-5-20(27)13-22(19)29-24/h4-6,9,12-13,18,21,29H,7-8,10-11,14-17H2,1-3H3/t21-/m1/s1. The van der Waals surface area contributed by atoms with E-state index < -0.39 is 10.0 Å². The van der Waals surface area contributed by atoms with E-state index in [1.54, 1.807) is 37.6 Å². The summed E-state index contributed by atoms with van der Waals surface area (Å²) in [5.74, 6) is 1.67. The molecule has 39 heavy (non-hydrogen) atoms. The monoisotopic (exact) mass is 575 g/mol. The molecular formula is C26H34ClN7O4S. The van der Waals surface area contributed by atoms with Crippen molar-refractivity contribution in [2.24, 2.45) is 5.92 Å². The van der Waals surface area contributed by atoms with E-state index in [4.69, 9.17) is 16.3 Å². The Labute approximate surface area is 233 Å². The maximum Gasteiger partial charge on any atom is 0.259 e. The van der Waals surface area contributed by atoms with Gasteiger partial charge in [-0.3, -0.25) is 4.79 Å². The normalized spacial score (nSPS) is 19.7. The van der Waals surface area contributed by atoms with Gasteiger partial charge in [0, 0.05) is 69.5 Å². The lowest BCUT2D eigenvalue weighted by Crippen LogP contribution is -2.60. The number of carbonyl (C=O) groups excluding carboxylic acids is 1. The van der Waals surface area contributed by atoms with Gasteiger partial charge in [-0.05, 0) is 43.0 Å². The molecule has 0 aliphatic carbocycles. The Morgan fingerprint density at radius 2 is 1.95 bits per heavy atom. The number of hydrogen-bond acceptors (Lipinski definition) is 8. The number of fused-ring (bicyclic) bond motifs is 1. The van der Waals surface area contributed by atoms with Crippen LogP contribution >= 0.6 is 11.6 Å². The highest BCUT2D eigenvalue weighted by atomic mass is 35.5. The zero-order valence-corrected chi connectivity index (χ0v) is 24.0. The number of anilines is 2. The van der Waals surface area contributed by atoms with Crippen molar-refractivity contribution in [1.29, 1.82) is 0 Å². The molecular weight excluding hydrogens is 542 g/mol. The van der Waals surface area contributed by atoms with Gasteiger partial charge in [-0.15, -0.1) is 0 Å². The number of rotatable bonds is 8. The number of piperidine rings is 1. The van der Waals surface area contributed by atoms with E-state index in [2.05, 4.69) is 19.9 Å². The summed E-state index contributed by atoms with van der Waals surface area (Å²) in [5, 5.41) is 1.30. The summed E-state index contributed by atoms with van der Waals surface area (Å²) >= 11 is 6.06. The number of H-pyrrole nitrogens is 1.